The van der Waals surface area contributed by atoms with E-state index in [0.717, 1.165) is 110 Å². The SMILES string of the molecule is [C-]#[N+]c1cccc(-n2c3ccccc3c3c2ccc2c4ccccc4n(-c4ccccc4)c23)c1-c1c(-c2ccc(C(F)(F)F)cc2C)cccc1-n1c2ccccc2c2c1ccc1c3ccccc3n(-c3ccccc3)c12. The number of alkyl halides is 3. The fraction of sp³-hybridized carbons (Fsp3) is 0.0290. The highest BCUT2D eigenvalue weighted by molar-refractivity contribution is 6.28. The van der Waals surface area contributed by atoms with Crippen molar-refractivity contribution in [1.29, 1.82) is 0 Å². The predicted molar refractivity (Wildman–Crippen MR) is 311 cm³/mol. The van der Waals surface area contributed by atoms with Gasteiger partial charge in [-0.05, 0) is 109 Å². The van der Waals surface area contributed by atoms with Crippen molar-refractivity contribution in [1.82, 2.24) is 18.3 Å². The van der Waals surface area contributed by atoms with Crippen LogP contribution in [-0.2, 0) is 6.18 Å². The summed E-state index contributed by atoms with van der Waals surface area (Å²) in [7, 11) is 0. The molecule has 0 aliphatic rings. The average Bonchev–Trinajstić information content (AvgIpc) is 4.40. The van der Waals surface area contributed by atoms with Gasteiger partial charge in [0.25, 0.3) is 0 Å². The molecule has 0 spiro atoms. The van der Waals surface area contributed by atoms with E-state index in [1.54, 1.807) is 13.0 Å². The molecule has 0 fully saturated rings. The van der Waals surface area contributed by atoms with Crippen molar-refractivity contribution in [2.75, 3.05) is 0 Å². The Hall–Kier alpha value is -10.1. The van der Waals surface area contributed by atoms with Crippen LogP contribution < -0.4 is 0 Å². The molecule has 0 aliphatic carbocycles. The zero-order valence-corrected chi connectivity index (χ0v) is 41.4. The van der Waals surface area contributed by atoms with Gasteiger partial charge in [-0.25, -0.2) is 4.85 Å². The summed E-state index contributed by atoms with van der Waals surface area (Å²) < 4.78 is 52.8. The highest BCUT2D eigenvalue weighted by atomic mass is 19.4. The normalized spacial score (nSPS) is 12.1. The molecule has 0 N–H and O–H groups in total. The van der Waals surface area contributed by atoms with Crippen molar-refractivity contribution < 1.29 is 13.2 Å². The third kappa shape index (κ3) is 6.41. The Kier molecular flexibility index (Phi) is 9.63. The average molecular weight is 998 g/mol. The van der Waals surface area contributed by atoms with Gasteiger partial charge in [0.05, 0.1) is 62.0 Å². The standard InChI is InChI=1S/C69H42F3N5/c1-42-41-43(69(70,71)72)35-36-46(42)49-27-17-33-59(76-57-31-15-11-25-52(57)64-61(76)39-37-50-47-23-9-13-29-55(47)74(67(50)64)44-19-5-3-6-20-44)63(49)66-54(73-2)28-18-34-60(66)77-58-32-16-12-26-53(58)65-62(77)40-38-51-48-24-10-14-30-56(48)75(68(51)65)45-21-7-4-8-22-45/h3-41H,1H3. The summed E-state index contributed by atoms with van der Waals surface area (Å²) in [6.45, 7) is 10.8. The van der Waals surface area contributed by atoms with E-state index in [-0.39, 0.29) is 0 Å². The van der Waals surface area contributed by atoms with Crippen LogP contribution in [0.5, 0.6) is 0 Å². The number of hydrogen-bond donors (Lipinski definition) is 0. The van der Waals surface area contributed by atoms with Crippen molar-refractivity contribution >= 4 is 92.9 Å². The molecule has 4 aromatic heterocycles. The first kappa shape index (κ1) is 44.4. The Labute approximate surface area is 439 Å². The Morgan fingerprint density at radius 1 is 0.364 bits per heavy atom. The second-order valence-electron chi connectivity index (χ2n) is 19.8. The number of hydrogen-bond acceptors (Lipinski definition) is 0. The van der Waals surface area contributed by atoms with Crippen LogP contribution in [0.15, 0.2) is 237 Å². The zero-order valence-electron chi connectivity index (χ0n) is 41.4. The van der Waals surface area contributed by atoms with Gasteiger partial charge in [0.1, 0.15) is 0 Å². The van der Waals surface area contributed by atoms with Gasteiger partial charge in [-0.1, -0.05) is 152 Å². The van der Waals surface area contributed by atoms with E-state index in [1.165, 1.54) is 12.1 Å². The third-order valence-corrected chi connectivity index (χ3v) is 15.7. The maximum Gasteiger partial charge on any atom is 0.416 e. The predicted octanol–water partition coefficient (Wildman–Crippen LogP) is 19.3. The fourth-order valence-electron chi connectivity index (χ4n) is 12.6. The van der Waals surface area contributed by atoms with E-state index in [2.05, 4.69) is 205 Å². The Balaban J connectivity index is 1.10. The molecule has 0 amide bonds. The fourth-order valence-corrected chi connectivity index (χ4v) is 12.6. The molecule has 0 radical (unpaired) electrons. The summed E-state index contributed by atoms with van der Waals surface area (Å²) in [5.74, 6) is 0. The molecule has 4 heterocycles. The van der Waals surface area contributed by atoms with Crippen molar-refractivity contribution in [3.8, 4) is 45.0 Å². The second-order valence-corrected chi connectivity index (χ2v) is 19.8. The molecular weight excluding hydrogens is 956 g/mol. The van der Waals surface area contributed by atoms with Crippen LogP contribution in [-0.4, -0.2) is 18.3 Å². The van der Waals surface area contributed by atoms with Crippen molar-refractivity contribution in [3.05, 3.63) is 259 Å². The van der Waals surface area contributed by atoms with Crippen molar-refractivity contribution in [3.63, 3.8) is 0 Å². The van der Waals surface area contributed by atoms with Crippen LogP contribution in [0.4, 0.5) is 18.9 Å². The lowest BCUT2D eigenvalue weighted by atomic mass is 9.88. The molecule has 0 bridgehead atoms. The van der Waals surface area contributed by atoms with Crippen LogP contribution in [0.2, 0.25) is 0 Å². The number of fused-ring (bicyclic) bond motifs is 14. The molecule has 77 heavy (non-hydrogen) atoms. The summed E-state index contributed by atoms with van der Waals surface area (Å²) in [4.78, 5) is 4.34. The minimum atomic E-state index is -4.54. The number of benzene rings is 11. The number of rotatable bonds is 6. The smallest absolute Gasteiger partial charge is 0.310 e. The minimum absolute atomic E-state index is 0.401. The lowest BCUT2D eigenvalue weighted by molar-refractivity contribution is -0.137. The zero-order chi connectivity index (χ0) is 51.7. The molecule has 15 rings (SSSR count). The van der Waals surface area contributed by atoms with Gasteiger partial charge in [0.15, 0.2) is 5.69 Å². The van der Waals surface area contributed by atoms with Gasteiger partial charge in [-0.15, -0.1) is 0 Å². The molecule has 11 aromatic carbocycles. The minimum Gasteiger partial charge on any atom is -0.310 e. The molecule has 8 heteroatoms. The van der Waals surface area contributed by atoms with Crippen molar-refractivity contribution in [2.45, 2.75) is 13.1 Å². The molecule has 0 saturated carbocycles. The van der Waals surface area contributed by atoms with Gasteiger partial charge < -0.3 is 18.3 Å². The largest absolute Gasteiger partial charge is 0.416 e. The van der Waals surface area contributed by atoms with Gasteiger partial charge >= 0.3 is 6.18 Å². The summed E-state index contributed by atoms with van der Waals surface area (Å²) in [6.07, 6.45) is -4.54. The first-order valence-corrected chi connectivity index (χ1v) is 25.6. The number of para-hydroxylation sites is 6. The maximum absolute atomic E-state index is 14.5. The first-order valence-electron chi connectivity index (χ1n) is 25.6. The van der Waals surface area contributed by atoms with Crippen LogP contribution in [0.3, 0.4) is 0 Å². The van der Waals surface area contributed by atoms with Gasteiger partial charge in [-0.2, -0.15) is 13.2 Å². The van der Waals surface area contributed by atoms with E-state index in [1.807, 2.05) is 36.4 Å². The molecule has 15 aromatic rings. The quantitative estimate of drug-likeness (QED) is 0.148. The summed E-state index contributed by atoms with van der Waals surface area (Å²) >= 11 is 0. The lowest BCUT2D eigenvalue weighted by Gasteiger charge is -2.23. The Bertz CT molecular complexity index is 4990. The van der Waals surface area contributed by atoms with Crippen LogP contribution >= 0.6 is 0 Å². The Morgan fingerprint density at radius 3 is 1.29 bits per heavy atom. The van der Waals surface area contributed by atoms with E-state index in [4.69, 9.17) is 6.57 Å². The molecule has 0 atom stereocenters. The Morgan fingerprint density at radius 2 is 0.805 bits per heavy atom. The van der Waals surface area contributed by atoms with Crippen LogP contribution in [0.25, 0.3) is 137 Å². The highest BCUT2D eigenvalue weighted by Gasteiger charge is 2.32. The number of aryl methyl sites for hydroxylation is 1. The van der Waals surface area contributed by atoms with Gasteiger partial charge in [-0.3, -0.25) is 0 Å². The number of nitrogens with zero attached hydrogens (tertiary/aromatic N) is 5. The second kappa shape index (κ2) is 16.7. The van der Waals surface area contributed by atoms with Crippen LogP contribution in [0.1, 0.15) is 11.1 Å². The van der Waals surface area contributed by atoms with E-state index < -0.39 is 11.7 Å². The van der Waals surface area contributed by atoms with E-state index in [0.29, 0.717) is 33.5 Å². The number of aromatic nitrogens is 4. The number of halogens is 3. The maximum atomic E-state index is 14.5. The molecule has 0 aliphatic heterocycles. The van der Waals surface area contributed by atoms with Gasteiger partial charge in [0.2, 0.25) is 0 Å². The van der Waals surface area contributed by atoms with E-state index >= 15 is 0 Å². The van der Waals surface area contributed by atoms with Crippen LogP contribution in [0, 0.1) is 13.5 Å². The lowest BCUT2D eigenvalue weighted by Crippen LogP contribution is -2.06. The highest BCUT2D eigenvalue weighted by Crippen LogP contribution is 2.51. The topological polar surface area (TPSA) is 24.1 Å². The molecule has 0 saturated heterocycles. The van der Waals surface area contributed by atoms with Crippen molar-refractivity contribution in [2.24, 2.45) is 0 Å². The summed E-state index contributed by atoms with van der Waals surface area (Å²) in [5, 5.41) is 8.69. The molecule has 5 nitrogen and oxygen atoms in total. The van der Waals surface area contributed by atoms with Gasteiger partial charge in [0, 0.05) is 71.3 Å². The van der Waals surface area contributed by atoms with E-state index in [9.17, 15) is 13.2 Å². The summed E-state index contributed by atoms with van der Waals surface area (Å²) in [5.41, 5.74) is 14.5. The first-order chi connectivity index (χ1) is 37.8. The summed E-state index contributed by atoms with van der Waals surface area (Å²) in [6, 6.07) is 79.6. The molecule has 0 unspecified atom stereocenters. The molecule has 364 valence electrons. The molecular formula is C69H42F3N5. The third-order valence-electron chi connectivity index (χ3n) is 15.7. The monoisotopic (exact) mass is 997 g/mol.